The van der Waals surface area contributed by atoms with Crippen molar-refractivity contribution in [2.45, 2.75) is 19.9 Å². The van der Waals surface area contributed by atoms with Crippen molar-refractivity contribution in [2.24, 2.45) is 7.05 Å². The Morgan fingerprint density at radius 1 is 1.23 bits per heavy atom. The summed E-state index contributed by atoms with van der Waals surface area (Å²) in [5, 5.41) is 7.01. The Morgan fingerprint density at radius 3 is 2.50 bits per heavy atom. The molecule has 0 bridgehead atoms. The summed E-state index contributed by atoms with van der Waals surface area (Å²) in [6.45, 7) is 5.93. The molecule has 0 radical (unpaired) electrons. The molecule has 1 amide bonds. The lowest BCUT2D eigenvalue weighted by molar-refractivity contribution is -0.117. The molecule has 138 valence electrons. The zero-order valence-corrected chi connectivity index (χ0v) is 15.7. The van der Waals surface area contributed by atoms with Crippen LogP contribution in [-0.2, 0) is 11.8 Å². The summed E-state index contributed by atoms with van der Waals surface area (Å²) in [6, 6.07) is 7.90. The standard InChI is InChI=1S/C19H25N5O2/c1-13-5-14(2)7-15(6-13)21-18(25)12-22(3)17-10-24(11-17)16-8-19(26)23(4)20-9-16/h5-9,17H,10-12H2,1-4H3,(H,21,25). The van der Waals surface area contributed by atoms with E-state index in [1.54, 1.807) is 19.3 Å². The molecule has 1 aliphatic heterocycles. The zero-order valence-electron chi connectivity index (χ0n) is 15.7. The Balaban J connectivity index is 1.51. The molecule has 1 aromatic carbocycles. The fraction of sp³-hybridized carbons (Fsp3) is 0.421. The summed E-state index contributed by atoms with van der Waals surface area (Å²) in [4.78, 5) is 28.1. The van der Waals surface area contributed by atoms with Gasteiger partial charge in [0.25, 0.3) is 5.56 Å². The number of carbonyl (C=O) groups is 1. The van der Waals surface area contributed by atoms with Gasteiger partial charge in [-0.05, 0) is 44.2 Å². The molecule has 2 aromatic rings. The third-order valence-electron chi connectivity index (χ3n) is 4.70. The van der Waals surface area contributed by atoms with E-state index in [-0.39, 0.29) is 17.5 Å². The third kappa shape index (κ3) is 4.11. The van der Waals surface area contributed by atoms with Gasteiger partial charge in [-0.3, -0.25) is 14.5 Å². The van der Waals surface area contributed by atoms with E-state index in [0.717, 1.165) is 35.6 Å². The number of hydrogen-bond donors (Lipinski definition) is 1. The van der Waals surface area contributed by atoms with E-state index in [1.165, 1.54) is 4.68 Å². The van der Waals surface area contributed by atoms with Crippen molar-refractivity contribution in [1.29, 1.82) is 0 Å². The predicted molar refractivity (Wildman–Crippen MR) is 103 cm³/mol. The van der Waals surface area contributed by atoms with Crippen molar-refractivity contribution in [3.8, 4) is 0 Å². The Hall–Kier alpha value is -2.67. The van der Waals surface area contributed by atoms with Crippen LogP contribution in [0.4, 0.5) is 11.4 Å². The number of anilines is 2. The van der Waals surface area contributed by atoms with Crippen LogP contribution in [0.25, 0.3) is 0 Å². The average molecular weight is 355 g/mol. The minimum absolute atomic E-state index is 0.0220. The summed E-state index contributed by atoms with van der Waals surface area (Å²) < 4.78 is 1.31. The summed E-state index contributed by atoms with van der Waals surface area (Å²) in [6.07, 6.45) is 1.70. The first-order chi connectivity index (χ1) is 12.3. The van der Waals surface area contributed by atoms with E-state index < -0.39 is 0 Å². The SMILES string of the molecule is Cc1cc(C)cc(NC(=O)CN(C)C2CN(c3cnn(C)c(=O)c3)C2)c1. The Bertz CT molecular complexity index is 850. The summed E-state index contributed by atoms with van der Waals surface area (Å²) in [5.74, 6) is -0.0220. The third-order valence-corrected chi connectivity index (χ3v) is 4.70. The Morgan fingerprint density at radius 2 is 1.88 bits per heavy atom. The minimum Gasteiger partial charge on any atom is -0.367 e. The number of carbonyl (C=O) groups excluding carboxylic acids is 1. The van der Waals surface area contributed by atoms with Gasteiger partial charge in [-0.2, -0.15) is 5.10 Å². The smallest absolute Gasteiger partial charge is 0.268 e. The molecule has 26 heavy (non-hydrogen) atoms. The highest BCUT2D eigenvalue weighted by atomic mass is 16.2. The van der Waals surface area contributed by atoms with Crippen LogP contribution in [-0.4, -0.2) is 53.3 Å². The number of hydrogen-bond acceptors (Lipinski definition) is 5. The normalized spacial score (nSPS) is 14.4. The van der Waals surface area contributed by atoms with Gasteiger partial charge in [0.1, 0.15) is 0 Å². The van der Waals surface area contributed by atoms with Crippen molar-refractivity contribution < 1.29 is 4.79 Å². The van der Waals surface area contributed by atoms with Crippen LogP contribution in [0, 0.1) is 13.8 Å². The Kier molecular flexibility index (Phi) is 5.08. The fourth-order valence-corrected chi connectivity index (χ4v) is 3.18. The van der Waals surface area contributed by atoms with Crippen molar-refractivity contribution >= 4 is 17.3 Å². The maximum Gasteiger partial charge on any atom is 0.268 e. The van der Waals surface area contributed by atoms with Crippen molar-refractivity contribution in [3.63, 3.8) is 0 Å². The molecule has 0 atom stereocenters. The summed E-state index contributed by atoms with van der Waals surface area (Å²) in [7, 11) is 3.58. The van der Waals surface area contributed by atoms with Gasteiger partial charge in [-0.15, -0.1) is 0 Å². The van der Waals surface area contributed by atoms with Crippen LogP contribution in [0.5, 0.6) is 0 Å². The molecule has 0 unspecified atom stereocenters. The lowest BCUT2D eigenvalue weighted by Gasteiger charge is -2.45. The molecule has 0 spiro atoms. The number of aromatic nitrogens is 2. The molecular weight excluding hydrogens is 330 g/mol. The topological polar surface area (TPSA) is 70.5 Å². The number of rotatable bonds is 5. The molecule has 2 heterocycles. The quantitative estimate of drug-likeness (QED) is 0.871. The highest BCUT2D eigenvalue weighted by Gasteiger charge is 2.31. The van der Waals surface area contributed by atoms with Gasteiger partial charge >= 0.3 is 0 Å². The van der Waals surface area contributed by atoms with Crippen molar-refractivity contribution in [3.05, 3.63) is 51.9 Å². The highest BCUT2D eigenvalue weighted by Crippen LogP contribution is 2.21. The molecule has 1 aromatic heterocycles. The average Bonchev–Trinajstić information content (AvgIpc) is 2.48. The molecular formula is C19H25N5O2. The van der Waals surface area contributed by atoms with Gasteiger partial charge in [-0.25, -0.2) is 4.68 Å². The lowest BCUT2D eigenvalue weighted by atomic mass is 10.1. The minimum atomic E-state index is -0.118. The highest BCUT2D eigenvalue weighted by molar-refractivity contribution is 5.92. The number of aryl methyl sites for hydroxylation is 3. The van der Waals surface area contributed by atoms with E-state index in [4.69, 9.17) is 0 Å². The monoisotopic (exact) mass is 355 g/mol. The van der Waals surface area contributed by atoms with Crippen LogP contribution in [0.1, 0.15) is 11.1 Å². The van der Waals surface area contributed by atoms with Crippen LogP contribution >= 0.6 is 0 Å². The summed E-state index contributed by atoms with van der Waals surface area (Å²) >= 11 is 0. The van der Waals surface area contributed by atoms with E-state index in [2.05, 4.69) is 21.4 Å². The molecule has 1 N–H and O–H groups in total. The first-order valence-corrected chi connectivity index (χ1v) is 8.68. The molecule has 0 saturated carbocycles. The molecule has 3 rings (SSSR count). The molecule has 0 aliphatic carbocycles. The maximum absolute atomic E-state index is 12.3. The van der Waals surface area contributed by atoms with Crippen LogP contribution in [0.3, 0.4) is 0 Å². The first kappa shape index (κ1) is 18.1. The van der Waals surface area contributed by atoms with Gasteiger partial charge in [-0.1, -0.05) is 6.07 Å². The first-order valence-electron chi connectivity index (χ1n) is 8.68. The molecule has 1 fully saturated rings. The number of likely N-dealkylation sites (N-methyl/N-ethyl adjacent to an activating group) is 1. The van der Waals surface area contributed by atoms with E-state index >= 15 is 0 Å². The largest absolute Gasteiger partial charge is 0.367 e. The number of nitrogens with one attached hydrogen (secondary N) is 1. The second-order valence-electron chi connectivity index (χ2n) is 7.07. The van der Waals surface area contributed by atoms with Gasteiger partial charge in [0.05, 0.1) is 18.4 Å². The molecule has 1 saturated heterocycles. The van der Waals surface area contributed by atoms with Crippen molar-refractivity contribution in [1.82, 2.24) is 14.7 Å². The lowest BCUT2D eigenvalue weighted by Crippen LogP contribution is -2.59. The van der Waals surface area contributed by atoms with E-state index in [9.17, 15) is 9.59 Å². The fourth-order valence-electron chi connectivity index (χ4n) is 3.18. The van der Waals surface area contributed by atoms with Crippen LogP contribution < -0.4 is 15.8 Å². The van der Waals surface area contributed by atoms with Gasteiger partial charge in [0, 0.05) is 37.9 Å². The van der Waals surface area contributed by atoms with Crippen LogP contribution in [0.2, 0.25) is 0 Å². The van der Waals surface area contributed by atoms with E-state index in [0.29, 0.717) is 6.54 Å². The predicted octanol–water partition coefficient (Wildman–Crippen LogP) is 1.16. The second kappa shape index (κ2) is 7.29. The van der Waals surface area contributed by atoms with Gasteiger partial charge in [0.15, 0.2) is 0 Å². The summed E-state index contributed by atoms with van der Waals surface area (Å²) in [5.41, 5.74) is 3.81. The molecule has 7 nitrogen and oxygen atoms in total. The maximum atomic E-state index is 12.3. The van der Waals surface area contributed by atoms with E-state index in [1.807, 2.05) is 37.9 Å². The van der Waals surface area contributed by atoms with Gasteiger partial charge in [0.2, 0.25) is 5.91 Å². The second-order valence-corrected chi connectivity index (χ2v) is 7.07. The van der Waals surface area contributed by atoms with Crippen LogP contribution in [0.15, 0.2) is 35.3 Å². The number of benzene rings is 1. The van der Waals surface area contributed by atoms with Crippen molar-refractivity contribution in [2.75, 3.05) is 36.9 Å². The number of nitrogens with zero attached hydrogens (tertiary/aromatic N) is 4. The zero-order chi connectivity index (χ0) is 18.8. The number of amides is 1. The molecule has 1 aliphatic rings. The van der Waals surface area contributed by atoms with Gasteiger partial charge < -0.3 is 10.2 Å². The molecule has 7 heteroatoms. The Labute approximate surface area is 153 Å².